The fourth-order valence-corrected chi connectivity index (χ4v) is 2.52. The molecule has 1 saturated heterocycles. The van der Waals surface area contributed by atoms with Gasteiger partial charge in [-0.3, -0.25) is 4.79 Å². The Morgan fingerprint density at radius 2 is 1.87 bits per heavy atom. The number of halogens is 3. The van der Waals surface area contributed by atoms with Crippen molar-refractivity contribution < 1.29 is 27.5 Å². The van der Waals surface area contributed by atoms with E-state index in [4.69, 9.17) is 4.74 Å². The van der Waals surface area contributed by atoms with Crippen molar-refractivity contribution in [1.82, 2.24) is 15.5 Å². The highest BCUT2D eigenvalue weighted by atomic mass is 19.2. The number of hydrogen-bond acceptors (Lipinski definition) is 4. The zero-order chi connectivity index (χ0) is 22.5. The van der Waals surface area contributed by atoms with Crippen molar-refractivity contribution in [3.63, 3.8) is 0 Å². The van der Waals surface area contributed by atoms with Crippen LogP contribution in [0, 0.1) is 17.5 Å². The number of carbonyl (C=O) groups excluding carboxylic acids is 2. The van der Waals surface area contributed by atoms with Crippen LogP contribution in [0.4, 0.5) is 23.7 Å². The molecule has 0 atom stereocenters. The minimum Gasteiger partial charge on any atom is -0.444 e. The first kappa shape index (κ1) is 23.3. The van der Waals surface area contributed by atoms with Crippen LogP contribution in [0.5, 0.6) is 0 Å². The molecule has 166 valence electrons. The SMILES string of the molecule is CCNC(=NCC(=O)Nc1ccc(F)c(F)c1F)NC1CN(C(=O)OC(C)(C)C)C1. The van der Waals surface area contributed by atoms with Crippen LogP contribution in [-0.2, 0) is 9.53 Å². The molecule has 2 amide bonds. The van der Waals surface area contributed by atoms with Crippen molar-refractivity contribution in [3.05, 3.63) is 29.6 Å². The van der Waals surface area contributed by atoms with Crippen LogP contribution in [0.3, 0.4) is 0 Å². The number of likely N-dealkylation sites (tertiary alicyclic amines) is 1. The fraction of sp³-hybridized carbons (Fsp3) is 0.526. The van der Waals surface area contributed by atoms with Crippen molar-refractivity contribution in [3.8, 4) is 0 Å². The number of rotatable bonds is 5. The summed E-state index contributed by atoms with van der Waals surface area (Å²) in [6.07, 6.45) is -0.407. The number of aliphatic imine (C=N–C) groups is 1. The number of guanidine groups is 1. The zero-order valence-electron chi connectivity index (χ0n) is 17.3. The topological polar surface area (TPSA) is 95.1 Å². The molecule has 0 radical (unpaired) electrons. The summed E-state index contributed by atoms with van der Waals surface area (Å²) in [6, 6.07) is 1.57. The van der Waals surface area contributed by atoms with Crippen LogP contribution >= 0.6 is 0 Å². The lowest BCUT2D eigenvalue weighted by atomic mass is 10.1. The van der Waals surface area contributed by atoms with Gasteiger partial charge in [0.1, 0.15) is 12.1 Å². The number of hydrogen-bond donors (Lipinski definition) is 3. The van der Waals surface area contributed by atoms with Gasteiger partial charge in [-0.05, 0) is 39.8 Å². The lowest BCUT2D eigenvalue weighted by Gasteiger charge is -2.40. The van der Waals surface area contributed by atoms with Gasteiger partial charge in [-0.25, -0.2) is 23.0 Å². The minimum absolute atomic E-state index is 0.0815. The summed E-state index contributed by atoms with van der Waals surface area (Å²) >= 11 is 0. The van der Waals surface area contributed by atoms with Crippen molar-refractivity contribution in [2.24, 2.45) is 4.99 Å². The number of ether oxygens (including phenoxy) is 1. The Hall–Kier alpha value is -2.98. The third-order valence-electron chi connectivity index (χ3n) is 3.91. The molecule has 0 bridgehead atoms. The summed E-state index contributed by atoms with van der Waals surface area (Å²) in [7, 11) is 0. The minimum atomic E-state index is -1.66. The molecule has 1 aromatic carbocycles. The number of nitrogens with one attached hydrogen (secondary N) is 3. The zero-order valence-corrected chi connectivity index (χ0v) is 17.3. The molecule has 11 heteroatoms. The van der Waals surface area contributed by atoms with E-state index in [9.17, 15) is 22.8 Å². The molecule has 0 unspecified atom stereocenters. The van der Waals surface area contributed by atoms with Gasteiger partial charge in [-0.15, -0.1) is 0 Å². The number of carbonyl (C=O) groups is 2. The van der Waals surface area contributed by atoms with Gasteiger partial charge in [-0.2, -0.15) is 0 Å². The largest absolute Gasteiger partial charge is 0.444 e. The maximum absolute atomic E-state index is 13.6. The Balaban J connectivity index is 1.87. The van der Waals surface area contributed by atoms with E-state index in [-0.39, 0.29) is 12.6 Å². The van der Waals surface area contributed by atoms with E-state index in [1.54, 1.807) is 20.8 Å². The van der Waals surface area contributed by atoms with Gasteiger partial charge in [0.2, 0.25) is 5.91 Å². The van der Waals surface area contributed by atoms with Crippen molar-refractivity contribution >= 4 is 23.6 Å². The highest BCUT2D eigenvalue weighted by molar-refractivity contribution is 5.94. The summed E-state index contributed by atoms with van der Waals surface area (Å²) in [5.41, 5.74) is -1.05. The molecule has 0 spiro atoms. The molecule has 30 heavy (non-hydrogen) atoms. The quantitative estimate of drug-likeness (QED) is 0.379. The van der Waals surface area contributed by atoms with E-state index in [0.717, 1.165) is 12.1 Å². The Morgan fingerprint density at radius 3 is 2.47 bits per heavy atom. The van der Waals surface area contributed by atoms with E-state index in [1.165, 1.54) is 4.90 Å². The van der Waals surface area contributed by atoms with E-state index in [1.807, 2.05) is 6.92 Å². The second-order valence-electron chi connectivity index (χ2n) is 7.69. The lowest BCUT2D eigenvalue weighted by Crippen LogP contribution is -2.63. The van der Waals surface area contributed by atoms with Gasteiger partial charge in [0.25, 0.3) is 0 Å². The fourth-order valence-electron chi connectivity index (χ4n) is 2.52. The molecule has 1 aromatic rings. The number of anilines is 1. The predicted octanol–water partition coefficient (Wildman–Crippen LogP) is 2.22. The monoisotopic (exact) mass is 429 g/mol. The van der Waals surface area contributed by atoms with Gasteiger partial charge < -0.3 is 25.6 Å². The van der Waals surface area contributed by atoms with E-state index in [0.29, 0.717) is 25.6 Å². The highest BCUT2D eigenvalue weighted by Gasteiger charge is 2.34. The van der Waals surface area contributed by atoms with Crippen molar-refractivity contribution in [2.45, 2.75) is 39.3 Å². The highest BCUT2D eigenvalue weighted by Crippen LogP contribution is 2.19. The molecule has 1 heterocycles. The Kier molecular flexibility index (Phi) is 7.52. The standard InChI is InChI=1S/C19H26F3N5O3/c1-5-23-17(25-11-9-27(10-11)18(29)30-19(2,3)4)24-8-14(28)26-13-7-6-12(20)15(21)16(13)22/h6-7,11H,5,8-10H2,1-4H3,(H,26,28)(H2,23,24,25). The van der Waals surface area contributed by atoms with E-state index < -0.39 is 40.7 Å². The summed E-state index contributed by atoms with van der Waals surface area (Å²) in [4.78, 5) is 29.6. The van der Waals surface area contributed by atoms with Crippen molar-refractivity contribution in [2.75, 3.05) is 31.5 Å². The predicted molar refractivity (Wildman–Crippen MR) is 106 cm³/mol. The molecule has 1 aliphatic rings. The maximum atomic E-state index is 13.6. The molecular formula is C19H26F3N5O3. The van der Waals surface area contributed by atoms with Crippen LogP contribution < -0.4 is 16.0 Å². The molecule has 1 aliphatic heterocycles. The maximum Gasteiger partial charge on any atom is 0.410 e. The molecule has 0 aliphatic carbocycles. The second-order valence-corrected chi connectivity index (χ2v) is 7.69. The van der Waals surface area contributed by atoms with Crippen LogP contribution in [0.2, 0.25) is 0 Å². The smallest absolute Gasteiger partial charge is 0.410 e. The Labute approximate surface area is 172 Å². The average molecular weight is 429 g/mol. The number of benzene rings is 1. The summed E-state index contributed by atoms with van der Waals surface area (Å²) in [5.74, 6) is -4.86. The molecule has 0 saturated carbocycles. The van der Waals surface area contributed by atoms with Gasteiger partial charge in [-0.1, -0.05) is 0 Å². The number of amides is 2. The van der Waals surface area contributed by atoms with Crippen molar-refractivity contribution in [1.29, 1.82) is 0 Å². The van der Waals surface area contributed by atoms with E-state index >= 15 is 0 Å². The molecule has 1 fully saturated rings. The van der Waals surface area contributed by atoms with Gasteiger partial charge in [0.15, 0.2) is 23.4 Å². The summed E-state index contributed by atoms with van der Waals surface area (Å²) in [6.45, 7) is 8.15. The Bertz CT molecular complexity index is 820. The van der Waals surface area contributed by atoms with Gasteiger partial charge in [0.05, 0.1) is 11.7 Å². The van der Waals surface area contributed by atoms with Crippen LogP contribution in [0.25, 0.3) is 0 Å². The van der Waals surface area contributed by atoms with E-state index in [2.05, 4.69) is 20.9 Å². The van der Waals surface area contributed by atoms with Crippen LogP contribution in [-0.4, -0.2) is 60.7 Å². The molecule has 2 rings (SSSR count). The van der Waals surface area contributed by atoms with Crippen LogP contribution in [0.15, 0.2) is 17.1 Å². The third kappa shape index (κ3) is 6.53. The molecular weight excluding hydrogens is 403 g/mol. The molecule has 8 nitrogen and oxygen atoms in total. The lowest BCUT2D eigenvalue weighted by molar-refractivity contribution is -0.114. The summed E-state index contributed by atoms with van der Waals surface area (Å²) in [5, 5.41) is 8.17. The summed E-state index contributed by atoms with van der Waals surface area (Å²) < 4.78 is 45.1. The normalized spacial score (nSPS) is 14.8. The molecule has 3 N–H and O–H groups in total. The third-order valence-corrected chi connectivity index (χ3v) is 3.91. The first-order chi connectivity index (χ1) is 14.0. The first-order valence-electron chi connectivity index (χ1n) is 9.46. The first-order valence-corrected chi connectivity index (χ1v) is 9.46. The average Bonchev–Trinajstić information content (AvgIpc) is 2.61. The van der Waals surface area contributed by atoms with Crippen LogP contribution in [0.1, 0.15) is 27.7 Å². The number of nitrogens with zero attached hydrogens (tertiary/aromatic N) is 2. The molecule has 0 aromatic heterocycles. The second kappa shape index (κ2) is 9.68. The van der Waals surface area contributed by atoms with Gasteiger partial charge >= 0.3 is 6.09 Å². The Morgan fingerprint density at radius 1 is 1.20 bits per heavy atom. The van der Waals surface area contributed by atoms with Gasteiger partial charge in [0, 0.05) is 19.6 Å².